The number of aliphatic hydroxyl groups is 1. The number of aromatic nitrogens is 1. The number of benzene rings is 1. The van der Waals surface area contributed by atoms with E-state index in [-0.39, 0.29) is 0 Å². The van der Waals surface area contributed by atoms with Crippen LogP contribution in [0.2, 0.25) is 0 Å². The van der Waals surface area contributed by atoms with Crippen LogP contribution in [0.4, 0.5) is 0 Å². The predicted octanol–water partition coefficient (Wildman–Crippen LogP) is 2.37. The fourth-order valence-corrected chi connectivity index (χ4v) is 4.98. The molecule has 4 aliphatic heterocycles. The number of rotatable bonds is 1. The van der Waals surface area contributed by atoms with Crippen molar-refractivity contribution in [2.45, 2.75) is 32.4 Å². The lowest BCUT2D eigenvalue weighted by molar-refractivity contribution is -0.587. The highest BCUT2D eigenvalue weighted by Crippen LogP contribution is 2.32. The van der Waals surface area contributed by atoms with E-state index in [0.717, 1.165) is 31.1 Å². The molecule has 0 saturated carbocycles. The van der Waals surface area contributed by atoms with Gasteiger partial charge in [0.1, 0.15) is 5.56 Å². The van der Waals surface area contributed by atoms with Crippen molar-refractivity contribution >= 4 is 16.8 Å². The highest BCUT2D eigenvalue weighted by Gasteiger charge is 2.43. The zero-order valence-electron chi connectivity index (χ0n) is 13.7. The summed E-state index contributed by atoms with van der Waals surface area (Å²) in [5.74, 6) is 1.23. The van der Waals surface area contributed by atoms with Crippen LogP contribution in [0, 0.1) is 12.8 Å². The Balaban J connectivity index is 1.66. The molecule has 2 bridgehead atoms. The molecule has 0 spiro atoms. The van der Waals surface area contributed by atoms with Crippen molar-refractivity contribution in [2.24, 2.45) is 5.92 Å². The summed E-state index contributed by atoms with van der Waals surface area (Å²) in [7, 11) is 0. The molecule has 4 nitrogen and oxygen atoms in total. The molecule has 0 radical (unpaired) electrons. The minimum absolute atomic E-state index is 0.471. The van der Waals surface area contributed by atoms with Crippen molar-refractivity contribution in [3.8, 4) is 0 Å². The molecule has 3 saturated heterocycles. The van der Waals surface area contributed by atoms with Gasteiger partial charge in [-0.25, -0.2) is 0 Å². The van der Waals surface area contributed by atoms with Crippen molar-refractivity contribution in [1.82, 2.24) is 9.47 Å². The first-order valence-electron chi connectivity index (χ1n) is 8.86. The van der Waals surface area contributed by atoms with Crippen LogP contribution in [-0.4, -0.2) is 57.3 Å². The average molecular weight is 310 g/mol. The predicted molar refractivity (Wildman–Crippen MR) is 91.5 cm³/mol. The molecule has 4 aliphatic rings. The summed E-state index contributed by atoms with van der Waals surface area (Å²) < 4.78 is 4.63. The molecule has 2 aromatic rings. The van der Waals surface area contributed by atoms with Crippen LogP contribution in [0.25, 0.3) is 10.9 Å². The van der Waals surface area contributed by atoms with Crippen LogP contribution in [-0.2, 0) is 6.54 Å². The Hall–Kier alpha value is -1.81. The average Bonchev–Trinajstić information content (AvgIpc) is 2.85. The summed E-state index contributed by atoms with van der Waals surface area (Å²) in [5.41, 5.74) is 3.50. The van der Waals surface area contributed by atoms with Gasteiger partial charge in [-0.2, -0.15) is 4.58 Å². The fourth-order valence-electron chi connectivity index (χ4n) is 4.98. The van der Waals surface area contributed by atoms with E-state index in [4.69, 9.17) is 0 Å². The van der Waals surface area contributed by atoms with Crippen LogP contribution in [0.5, 0.6) is 0 Å². The minimum atomic E-state index is 0.471. The SMILES string of the molecule is Cc1cn2c3c(cccc13)C(O)=[N+]([C@@H]1CN3CCC1CC3)CC2. The molecule has 0 unspecified atom stereocenters. The Morgan fingerprint density at radius 2 is 2.00 bits per heavy atom. The van der Waals surface area contributed by atoms with Gasteiger partial charge in [-0.1, -0.05) is 12.1 Å². The molecule has 4 heteroatoms. The number of nitrogens with zero attached hydrogens (tertiary/aromatic N) is 3. The molecule has 5 heterocycles. The summed E-state index contributed by atoms with van der Waals surface area (Å²) in [4.78, 5) is 2.56. The second-order valence-corrected chi connectivity index (χ2v) is 7.43. The molecule has 1 aromatic heterocycles. The smallest absolute Gasteiger partial charge is 0.369 e. The topological polar surface area (TPSA) is 31.4 Å². The lowest BCUT2D eigenvalue weighted by atomic mass is 9.83. The largest absolute Gasteiger partial charge is 0.460 e. The van der Waals surface area contributed by atoms with Gasteiger partial charge in [-0.3, -0.25) is 4.90 Å². The van der Waals surface area contributed by atoms with Crippen molar-refractivity contribution in [3.63, 3.8) is 0 Å². The number of aliphatic hydroxyl groups excluding tert-OH is 1. The van der Waals surface area contributed by atoms with Crippen LogP contribution in [0.3, 0.4) is 0 Å². The Morgan fingerprint density at radius 1 is 1.17 bits per heavy atom. The molecule has 0 aliphatic carbocycles. The third-order valence-electron chi connectivity index (χ3n) is 6.21. The van der Waals surface area contributed by atoms with E-state index in [1.165, 1.54) is 42.4 Å². The van der Waals surface area contributed by atoms with Gasteiger partial charge < -0.3 is 9.67 Å². The lowest BCUT2D eigenvalue weighted by Crippen LogP contribution is -2.56. The molecule has 120 valence electrons. The summed E-state index contributed by atoms with van der Waals surface area (Å²) >= 11 is 0. The maximum Gasteiger partial charge on any atom is 0.369 e. The molecule has 0 amide bonds. The van der Waals surface area contributed by atoms with E-state index in [1.807, 2.05) is 0 Å². The van der Waals surface area contributed by atoms with Gasteiger partial charge in [0.25, 0.3) is 0 Å². The monoisotopic (exact) mass is 310 g/mol. The van der Waals surface area contributed by atoms with Gasteiger partial charge in [0.2, 0.25) is 0 Å². The highest BCUT2D eigenvalue weighted by atomic mass is 16.3. The molecule has 23 heavy (non-hydrogen) atoms. The standard InChI is InChI=1S/C19H23N3O/c1-13-11-21-9-10-22(17-12-20-7-5-14(17)6-8-20)19(23)16-4-2-3-15(13)18(16)21/h2-4,11,14,17H,5-10,12H2,1H3/p+1/t17-/m1/s1. The second kappa shape index (κ2) is 4.84. The molecule has 1 N–H and O–H groups in total. The van der Waals surface area contributed by atoms with Gasteiger partial charge in [0.15, 0.2) is 12.6 Å². The maximum atomic E-state index is 11.1. The van der Waals surface area contributed by atoms with Gasteiger partial charge >= 0.3 is 5.90 Å². The summed E-state index contributed by atoms with van der Waals surface area (Å²) in [6.07, 6.45) is 4.80. The molecule has 6 rings (SSSR count). The number of aryl methyl sites for hydroxylation is 1. The number of hydrogen-bond donors (Lipinski definition) is 1. The third-order valence-corrected chi connectivity index (χ3v) is 6.21. The maximum absolute atomic E-state index is 11.1. The van der Waals surface area contributed by atoms with Crippen LogP contribution in [0.1, 0.15) is 24.0 Å². The van der Waals surface area contributed by atoms with E-state index in [0.29, 0.717) is 11.9 Å². The van der Waals surface area contributed by atoms with Crippen molar-refractivity contribution < 1.29 is 9.68 Å². The normalized spacial score (nSPS) is 30.0. The van der Waals surface area contributed by atoms with Crippen molar-refractivity contribution in [3.05, 3.63) is 35.5 Å². The van der Waals surface area contributed by atoms with Gasteiger partial charge in [0, 0.05) is 17.5 Å². The second-order valence-electron chi connectivity index (χ2n) is 7.43. The van der Waals surface area contributed by atoms with Crippen LogP contribution < -0.4 is 0 Å². The van der Waals surface area contributed by atoms with Crippen LogP contribution >= 0.6 is 0 Å². The highest BCUT2D eigenvalue weighted by molar-refractivity contribution is 6.04. The molecular formula is C19H24N3O+. The molecule has 1 atom stereocenters. The summed E-state index contributed by atoms with van der Waals surface area (Å²) in [6.45, 7) is 7.60. The van der Waals surface area contributed by atoms with Gasteiger partial charge in [-0.05, 0) is 44.5 Å². The first-order chi connectivity index (χ1) is 11.2. The first kappa shape index (κ1) is 13.6. The van der Waals surface area contributed by atoms with Crippen LogP contribution in [0.15, 0.2) is 24.4 Å². The van der Waals surface area contributed by atoms with Gasteiger partial charge in [0.05, 0.1) is 18.6 Å². The van der Waals surface area contributed by atoms with E-state index in [2.05, 4.69) is 45.4 Å². The Bertz CT molecular complexity index is 811. The third kappa shape index (κ3) is 1.91. The summed E-state index contributed by atoms with van der Waals surface area (Å²) in [6, 6.07) is 6.79. The zero-order chi connectivity index (χ0) is 15.6. The van der Waals surface area contributed by atoms with Crippen molar-refractivity contribution in [1.29, 1.82) is 0 Å². The van der Waals surface area contributed by atoms with Gasteiger partial charge in [-0.15, -0.1) is 0 Å². The summed E-state index contributed by atoms with van der Waals surface area (Å²) in [5, 5.41) is 12.4. The number of fused-ring (bicyclic) bond motifs is 3. The quantitative estimate of drug-likeness (QED) is 0.820. The Morgan fingerprint density at radius 3 is 2.74 bits per heavy atom. The molecule has 1 aromatic carbocycles. The molecule has 3 fully saturated rings. The van der Waals surface area contributed by atoms with E-state index < -0.39 is 0 Å². The Labute approximate surface area is 136 Å². The minimum Gasteiger partial charge on any atom is -0.460 e. The number of piperidine rings is 3. The van der Waals surface area contributed by atoms with E-state index in [9.17, 15) is 5.11 Å². The number of para-hydroxylation sites is 1. The lowest BCUT2D eigenvalue weighted by Gasteiger charge is -2.42. The number of hydrogen-bond acceptors (Lipinski definition) is 1. The first-order valence-corrected chi connectivity index (χ1v) is 8.86. The molecular weight excluding hydrogens is 286 g/mol. The zero-order valence-corrected chi connectivity index (χ0v) is 13.7. The Kier molecular flexibility index (Phi) is 2.87. The van der Waals surface area contributed by atoms with Crippen molar-refractivity contribution in [2.75, 3.05) is 26.2 Å². The van der Waals surface area contributed by atoms with E-state index in [1.54, 1.807) is 0 Å². The van der Waals surface area contributed by atoms with E-state index >= 15 is 0 Å². The fraction of sp³-hybridized carbons (Fsp3) is 0.526.